The molecule has 0 spiro atoms. The summed E-state index contributed by atoms with van der Waals surface area (Å²) in [5.41, 5.74) is 1.73. The number of carbonyl (C=O) groups is 3. The first-order valence-electron chi connectivity index (χ1n) is 8.70. The van der Waals surface area contributed by atoms with Gasteiger partial charge in [-0.1, -0.05) is 47.5 Å². The minimum absolute atomic E-state index is 0.131. The predicted octanol–water partition coefficient (Wildman–Crippen LogP) is 3.88. The van der Waals surface area contributed by atoms with Crippen molar-refractivity contribution in [2.24, 2.45) is 0 Å². The van der Waals surface area contributed by atoms with Gasteiger partial charge in [0.2, 0.25) is 0 Å². The normalized spacial score (nSPS) is 13.4. The summed E-state index contributed by atoms with van der Waals surface area (Å²) in [7, 11) is 0. The van der Waals surface area contributed by atoms with E-state index in [0.717, 1.165) is 16.2 Å². The zero-order valence-corrected chi connectivity index (χ0v) is 14.5. The monoisotopic (exact) mass is 371 g/mol. The highest BCUT2D eigenvalue weighted by molar-refractivity contribution is 6.21. The molecule has 2 heterocycles. The summed E-state index contributed by atoms with van der Waals surface area (Å²) in [6.07, 6.45) is 1.37. The number of rotatable bonds is 3. The Bertz CT molecular complexity index is 1250. The summed E-state index contributed by atoms with van der Waals surface area (Å²) in [5, 5.41) is 3.31. The van der Waals surface area contributed by atoms with Crippen molar-refractivity contribution in [1.82, 2.24) is 5.06 Å². The molecule has 0 radical (unpaired) electrons. The van der Waals surface area contributed by atoms with Gasteiger partial charge in [-0.2, -0.15) is 0 Å². The quantitative estimate of drug-likeness (QED) is 0.511. The zero-order valence-electron chi connectivity index (χ0n) is 14.5. The Balaban J connectivity index is 1.43. The second-order valence-corrected chi connectivity index (χ2v) is 6.51. The van der Waals surface area contributed by atoms with Crippen LogP contribution in [0.4, 0.5) is 0 Å². The zero-order chi connectivity index (χ0) is 19.3. The van der Waals surface area contributed by atoms with Crippen LogP contribution >= 0.6 is 0 Å². The lowest BCUT2D eigenvalue weighted by Crippen LogP contribution is -2.33. The average molecular weight is 371 g/mol. The largest absolute Gasteiger partial charge is 0.464 e. The first-order valence-corrected chi connectivity index (χ1v) is 8.70. The molecule has 0 N–H and O–H groups in total. The van der Waals surface area contributed by atoms with Gasteiger partial charge in [-0.3, -0.25) is 9.59 Å². The van der Waals surface area contributed by atoms with Crippen molar-refractivity contribution in [3.05, 3.63) is 83.6 Å². The standard InChI is InChI=1S/C22H13NO5/c24-19(28-23-21(25)16-7-3-4-8-17(16)22(23)26)11-14-12-27-18-10-9-13-5-1-2-6-15(13)20(14)18/h1-10,12H,11H2. The maximum Gasteiger partial charge on any atom is 0.337 e. The Morgan fingerprint density at radius 1 is 0.893 bits per heavy atom. The summed E-state index contributed by atoms with van der Waals surface area (Å²) in [6.45, 7) is 0. The van der Waals surface area contributed by atoms with E-state index in [2.05, 4.69) is 0 Å². The number of hydrogen-bond donors (Lipinski definition) is 0. The minimum atomic E-state index is -0.717. The smallest absolute Gasteiger partial charge is 0.337 e. The van der Waals surface area contributed by atoms with Crippen LogP contribution in [0.2, 0.25) is 0 Å². The van der Waals surface area contributed by atoms with E-state index in [1.54, 1.807) is 12.1 Å². The molecule has 3 aromatic carbocycles. The van der Waals surface area contributed by atoms with Gasteiger partial charge in [0.05, 0.1) is 23.8 Å². The minimum Gasteiger partial charge on any atom is -0.464 e. The lowest BCUT2D eigenvalue weighted by molar-refractivity contribution is -0.167. The number of carbonyl (C=O) groups excluding carboxylic acids is 3. The summed E-state index contributed by atoms with van der Waals surface area (Å²) in [4.78, 5) is 42.3. The van der Waals surface area contributed by atoms with Crippen LogP contribution in [0.5, 0.6) is 0 Å². The molecule has 0 atom stereocenters. The molecule has 4 aromatic rings. The number of fused-ring (bicyclic) bond motifs is 4. The van der Waals surface area contributed by atoms with Crippen molar-refractivity contribution in [2.45, 2.75) is 6.42 Å². The van der Waals surface area contributed by atoms with E-state index in [1.165, 1.54) is 18.4 Å². The van der Waals surface area contributed by atoms with Crippen LogP contribution in [0.1, 0.15) is 26.3 Å². The highest BCUT2D eigenvalue weighted by atomic mass is 16.7. The molecule has 6 heteroatoms. The van der Waals surface area contributed by atoms with Crippen molar-refractivity contribution < 1.29 is 23.6 Å². The molecule has 1 aliphatic rings. The number of hydrogen-bond acceptors (Lipinski definition) is 5. The number of hydroxylamine groups is 2. The molecule has 1 aliphatic heterocycles. The number of amides is 2. The van der Waals surface area contributed by atoms with Crippen molar-refractivity contribution in [2.75, 3.05) is 0 Å². The lowest BCUT2D eigenvalue weighted by atomic mass is 10.0. The summed E-state index contributed by atoms with van der Waals surface area (Å²) in [5.74, 6) is -2.00. The van der Waals surface area contributed by atoms with Crippen molar-refractivity contribution in [3.8, 4) is 0 Å². The number of nitrogens with zero attached hydrogens (tertiary/aromatic N) is 1. The Hall–Kier alpha value is -3.93. The number of furan rings is 1. The Morgan fingerprint density at radius 2 is 1.57 bits per heavy atom. The van der Waals surface area contributed by atoms with Gasteiger partial charge >= 0.3 is 5.97 Å². The molecule has 0 unspecified atom stereocenters. The van der Waals surface area contributed by atoms with E-state index < -0.39 is 17.8 Å². The van der Waals surface area contributed by atoms with E-state index in [0.29, 0.717) is 16.2 Å². The molecule has 0 saturated heterocycles. The van der Waals surface area contributed by atoms with E-state index in [-0.39, 0.29) is 17.5 Å². The molecule has 136 valence electrons. The molecular weight excluding hydrogens is 358 g/mol. The van der Waals surface area contributed by atoms with Gasteiger partial charge in [-0.05, 0) is 29.0 Å². The molecule has 2 amide bonds. The second kappa shape index (κ2) is 6.06. The third-order valence-electron chi connectivity index (χ3n) is 4.82. The highest BCUT2D eigenvalue weighted by Crippen LogP contribution is 2.30. The van der Waals surface area contributed by atoms with Crippen LogP contribution in [0.15, 0.2) is 71.3 Å². The first kappa shape index (κ1) is 16.3. The topological polar surface area (TPSA) is 76.8 Å². The van der Waals surface area contributed by atoms with Crippen molar-refractivity contribution in [3.63, 3.8) is 0 Å². The summed E-state index contributed by atoms with van der Waals surface area (Å²) >= 11 is 0. The molecule has 28 heavy (non-hydrogen) atoms. The lowest BCUT2D eigenvalue weighted by Gasteiger charge is -2.12. The first-order chi connectivity index (χ1) is 13.6. The van der Waals surface area contributed by atoms with Gasteiger partial charge in [0.25, 0.3) is 11.8 Å². The van der Waals surface area contributed by atoms with Crippen LogP contribution in [-0.2, 0) is 16.1 Å². The van der Waals surface area contributed by atoms with E-state index in [9.17, 15) is 14.4 Å². The van der Waals surface area contributed by atoms with Gasteiger partial charge in [0.15, 0.2) is 0 Å². The second-order valence-electron chi connectivity index (χ2n) is 6.51. The Kier molecular flexibility index (Phi) is 3.52. The van der Waals surface area contributed by atoms with Crippen LogP contribution in [-0.4, -0.2) is 22.8 Å². The fourth-order valence-electron chi connectivity index (χ4n) is 3.54. The SMILES string of the molecule is O=C(Cc1coc2ccc3ccccc3c12)ON1C(=O)c2ccccc2C1=O. The molecule has 1 aromatic heterocycles. The van der Waals surface area contributed by atoms with Gasteiger partial charge < -0.3 is 9.25 Å². The molecular formula is C22H13NO5. The van der Waals surface area contributed by atoms with Crippen LogP contribution in [0.25, 0.3) is 21.7 Å². The summed E-state index contributed by atoms with van der Waals surface area (Å²) < 4.78 is 5.57. The fraction of sp³-hybridized carbons (Fsp3) is 0.0455. The van der Waals surface area contributed by atoms with E-state index in [1.807, 2.05) is 36.4 Å². The van der Waals surface area contributed by atoms with Crippen molar-refractivity contribution in [1.29, 1.82) is 0 Å². The highest BCUT2D eigenvalue weighted by Gasteiger charge is 2.38. The average Bonchev–Trinajstić information content (AvgIpc) is 3.23. The van der Waals surface area contributed by atoms with Gasteiger partial charge in [0, 0.05) is 10.9 Å². The summed E-state index contributed by atoms with van der Waals surface area (Å²) in [6, 6.07) is 17.9. The molecule has 6 nitrogen and oxygen atoms in total. The number of imide groups is 1. The predicted molar refractivity (Wildman–Crippen MR) is 100 cm³/mol. The van der Waals surface area contributed by atoms with Gasteiger partial charge in [-0.15, -0.1) is 0 Å². The van der Waals surface area contributed by atoms with E-state index >= 15 is 0 Å². The third-order valence-corrected chi connectivity index (χ3v) is 4.82. The van der Waals surface area contributed by atoms with Crippen LogP contribution < -0.4 is 0 Å². The molecule has 0 saturated carbocycles. The molecule has 0 aliphatic carbocycles. The van der Waals surface area contributed by atoms with Gasteiger partial charge in [0.1, 0.15) is 5.58 Å². The van der Waals surface area contributed by atoms with Crippen LogP contribution in [0, 0.1) is 0 Å². The Labute approximate surface area is 158 Å². The molecule has 0 bridgehead atoms. The Morgan fingerprint density at radius 3 is 2.32 bits per heavy atom. The van der Waals surface area contributed by atoms with Gasteiger partial charge in [-0.25, -0.2) is 4.79 Å². The van der Waals surface area contributed by atoms with Crippen LogP contribution in [0.3, 0.4) is 0 Å². The maximum atomic E-state index is 12.5. The maximum absolute atomic E-state index is 12.5. The molecule has 5 rings (SSSR count). The van der Waals surface area contributed by atoms with Crippen molar-refractivity contribution >= 4 is 39.5 Å². The van der Waals surface area contributed by atoms with E-state index in [4.69, 9.17) is 9.25 Å². The number of benzene rings is 3. The molecule has 0 fully saturated rings. The third kappa shape index (κ3) is 2.39. The fourth-order valence-corrected chi connectivity index (χ4v) is 3.54.